The van der Waals surface area contributed by atoms with Gasteiger partial charge in [-0.05, 0) is 44.2 Å². The van der Waals surface area contributed by atoms with Crippen molar-refractivity contribution in [3.63, 3.8) is 0 Å². The number of benzene rings is 2. The molecule has 0 aliphatic heterocycles. The number of hydrogen-bond donors (Lipinski definition) is 3. The Hall–Kier alpha value is -3.87. The highest BCUT2D eigenvalue weighted by Crippen LogP contribution is 2.33. The van der Waals surface area contributed by atoms with Crippen LogP contribution in [-0.4, -0.2) is 43.4 Å². The number of anilines is 2. The molecule has 4 rings (SSSR count). The van der Waals surface area contributed by atoms with Gasteiger partial charge in [0.2, 0.25) is 5.95 Å². The Morgan fingerprint density at radius 2 is 1.82 bits per heavy atom. The third kappa shape index (κ3) is 4.73. The molecule has 0 saturated heterocycles. The van der Waals surface area contributed by atoms with Gasteiger partial charge >= 0.3 is 12.3 Å². The van der Waals surface area contributed by atoms with Crippen molar-refractivity contribution in [1.82, 2.24) is 19.9 Å². The lowest BCUT2D eigenvalue weighted by Crippen LogP contribution is -2.49. The van der Waals surface area contributed by atoms with Crippen LogP contribution in [0, 0.1) is 0 Å². The quantitative estimate of drug-likeness (QED) is 0.364. The minimum atomic E-state index is -4.79. The normalized spacial score (nSPS) is 12.2. The summed E-state index contributed by atoms with van der Waals surface area (Å²) in [6.07, 6.45) is -4.79. The van der Waals surface area contributed by atoms with Gasteiger partial charge < -0.3 is 25.0 Å². The molecule has 2 aromatic carbocycles. The standard InChI is InChI=1S/C21H18F3N5O4S/c1-20(2,17(31)32)28-16(30)10-4-7-14-13(8-10)25-18(29(14)3)27-19-26-12-6-5-11(9-15(12)34-19)33-21(22,23)24/h4-9H,1-3H3,(H,28,30)(H,31,32)(H,25,26,27). The number of imidazole rings is 1. The van der Waals surface area contributed by atoms with E-state index < -0.39 is 23.8 Å². The van der Waals surface area contributed by atoms with Gasteiger partial charge in [0, 0.05) is 18.7 Å². The largest absolute Gasteiger partial charge is 0.573 e. The van der Waals surface area contributed by atoms with Crippen LogP contribution in [0.3, 0.4) is 0 Å². The van der Waals surface area contributed by atoms with Crippen LogP contribution in [0.1, 0.15) is 24.2 Å². The summed E-state index contributed by atoms with van der Waals surface area (Å²) in [6, 6.07) is 8.64. The molecule has 178 valence electrons. The van der Waals surface area contributed by atoms with Crippen LogP contribution in [0.4, 0.5) is 24.3 Å². The van der Waals surface area contributed by atoms with Crippen LogP contribution in [0.2, 0.25) is 0 Å². The molecule has 2 aromatic heterocycles. The van der Waals surface area contributed by atoms with E-state index in [1.54, 1.807) is 23.7 Å². The van der Waals surface area contributed by atoms with Gasteiger partial charge in [-0.3, -0.25) is 4.79 Å². The first-order valence-electron chi connectivity index (χ1n) is 9.78. The Balaban J connectivity index is 1.59. The Labute approximate surface area is 194 Å². The van der Waals surface area contributed by atoms with Crippen molar-refractivity contribution in [3.8, 4) is 5.75 Å². The van der Waals surface area contributed by atoms with Crippen molar-refractivity contribution in [1.29, 1.82) is 0 Å². The first-order chi connectivity index (χ1) is 15.8. The summed E-state index contributed by atoms with van der Waals surface area (Å²) >= 11 is 1.13. The minimum Gasteiger partial charge on any atom is -0.480 e. The number of halogens is 3. The molecule has 0 spiro atoms. The molecule has 0 bridgehead atoms. The summed E-state index contributed by atoms with van der Waals surface area (Å²) in [5.74, 6) is -1.67. The van der Waals surface area contributed by atoms with Crippen molar-refractivity contribution < 1.29 is 32.6 Å². The Kier molecular flexibility index (Phi) is 5.59. The number of nitrogens with zero attached hydrogens (tertiary/aromatic N) is 3. The van der Waals surface area contributed by atoms with Crippen molar-refractivity contribution in [2.75, 3.05) is 5.32 Å². The fourth-order valence-corrected chi connectivity index (χ4v) is 4.00. The SMILES string of the molecule is Cn1c(Nc2nc3ccc(OC(F)(F)F)cc3s2)nc2cc(C(=O)NC(C)(C)C(=O)O)ccc21. The number of carboxylic acid groups (broad SMARTS) is 1. The number of thiazole rings is 1. The number of rotatable bonds is 6. The molecule has 9 nitrogen and oxygen atoms in total. The number of fused-ring (bicyclic) bond motifs is 2. The number of aryl methyl sites for hydroxylation is 1. The smallest absolute Gasteiger partial charge is 0.480 e. The summed E-state index contributed by atoms with van der Waals surface area (Å²) in [5, 5.41) is 15.1. The molecule has 0 aliphatic rings. The van der Waals surface area contributed by atoms with Gasteiger partial charge in [-0.25, -0.2) is 14.8 Å². The third-order valence-electron chi connectivity index (χ3n) is 4.92. The molecule has 0 atom stereocenters. The number of hydrogen-bond acceptors (Lipinski definition) is 7. The topological polar surface area (TPSA) is 118 Å². The lowest BCUT2D eigenvalue weighted by Gasteiger charge is -2.20. The molecule has 4 aromatic rings. The summed E-state index contributed by atoms with van der Waals surface area (Å²) in [4.78, 5) is 32.6. The number of nitrogens with one attached hydrogen (secondary N) is 2. The molecule has 0 fully saturated rings. The van der Waals surface area contributed by atoms with Crippen molar-refractivity contribution in [3.05, 3.63) is 42.0 Å². The van der Waals surface area contributed by atoms with E-state index >= 15 is 0 Å². The van der Waals surface area contributed by atoms with E-state index in [1.807, 2.05) is 0 Å². The fourth-order valence-electron chi connectivity index (χ4n) is 3.11. The van der Waals surface area contributed by atoms with E-state index in [9.17, 15) is 27.9 Å². The zero-order chi connectivity index (χ0) is 24.8. The Morgan fingerprint density at radius 1 is 1.09 bits per heavy atom. The lowest BCUT2D eigenvalue weighted by atomic mass is 10.1. The number of ether oxygens (including phenoxy) is 1. The molecule has 2 heterocycles. The maximum absolute atomic E-state index is 12.5. The van der Waals surface area contributed by atoms with Gasteiger partial charge in [-0.2, -0.15) is 0 Å². The second kappa shape index (κ2) is 8.17. The van der Waals surface area contributed by atoms with E-state index in [2.05, 4.69) is 25.3 Å². The van der Waals surface area contributed by atoms with Gasteiger partial charge in [0.1, 0.15) is 11.3 Å². The number of aliphatic carboxylic acids is 1. The first kappa shape index (κ1) is 23.3. The van der Waals surface area contributed by atoms with Gasteiger partial charge in [-0.1, -0.05) is 11.3 Å². The zero-order valence-electron chi connectivity index (χ0n) is 18.0. The van der Waals surface area contributed by atoms with E-state index in [0.29, 0.717) is 32.3 Å². The van der Waals surface area contributed by atoms with Crippen LogP contribution in [0.5, 0.6) is 5.75 Å². The summed E-state index contributed by atoms with van der Waals surface area (Å²) in [7, 11) is 1.74. The molecule has 0 saturated carbocycles. The van der Waals surface area contributed by atoms with E-state index in [-0.39, 0.29) is 11.3 Å². The second-order valence-electron chi connectivity index (χ2n) is 7.90. The van der Waals surface area contributed by atoms with Crippen molar-refractivity contribution in [2.24, 2.45) is 7.05 Å². The predicted molar refractivity (Wildman–Crippen MR) is 119 cm³/mol. The highest BCUT2D eigenvalue weighted by molar-refractivity contribution is 7.22. The molecule has 3 N–H and O–H groups in total. The van der Waals surface area contributed by atoms with E-state index in [1.165, 1.54) is 38.1 Å². The summed E-state index contributed by atoms with van der Waals surface area (Å²) in [5.41, 5.74) is 0.455. The Bertz CT molecular complexity index is 1430. The second-order valence-corrected chi connectivity index (χ2v) is 8.93. The summed E-state index contributed by atoms with van der Waals surface area (Å²) < 4.78 is 43.6. The highest BCUT2D eigenvalue weighted by Gasteiger charge is 2.31. The molecule has 0 aliphatic carbocycles. The molecule has 13 heteroatoms. The third-order valence-corrected chi connectivity index (χ3v) is 5.85. The summed E-state index contributed by atoms with van der Waals surface area (Å²) in [6.45, 7) is 2.76. The van der Waals surface area contributed by atoms with E-state index in [0.717, 1.165) is 11.3 Å². The monoisotopic (exact) mass is 493 g/mol. The average Bonchev–Trinajstić information content (AvgIpc) is 3.26. The van der Waals surface area contributed by atoms with Gasteiger partial charge in [0.25, 0.3) is 5.91 Å². The van der Waals surface area contributed by atoms with Crippen LogP contribution in [0.25, 0.3) is 21.3 Å². The van der Waals surface area contributed by atoms with Crippen LogP contribution < -0.4 is 15.4 Å². The molecular formula is C21H18F3N5O4S. The number of aromatic nitrogens is 3. The van der Waals surface area contributed by atoms with Crippen LogP contribution >= 0.6 is 11.3 Å². The van der Waals surface area contributed by atoms with Crippen molar-refractivity contribution in [2.45, 2.75) is 25.7 Å². The van der Waals surface area contributed by atoms with Crippen LogP contribution in [0.15, 0.2) is 36.4 Å². The fraction of sp³-hybridized carbons (Fsp3) is 0.238. The molecule has 0 unspecified atom stereocenters. The minimum absolute atomic E-state index is 0.239. The van der Waals surface area contributed by atoms with Gasteiger partial charge in [-0.15, -0.1) is 13.2 Å². The molecular weight excluding hydrogens is 475 g/mol. The maximum atomic E-state index is 12.5. The van der Waals surface area contributed by atoms with Gasteiger partial charge in [0.15, 0.2) is 5.13 Å². The first-order valence-corrected chi connectivity index (χ1v) is 10.6. The lowest BCUT2D eigenvalue weighted by molar-refractivity contribution is -0.274. The number of alkyl halides is 3. The van der Waals surface area contributed by atoms with Gasteiger partial charge in [0.05, 0.1) is 21.3 Å². The van der Waals surface area contributed by atoms with Crippen LogP contribution in [-0.2, 0) is 11.8 Å². The van der Waals surface area contributed by atoms with Crippen molar-refractivity contribution >= 4 is 55.5 Å². The highest BCUT2D eigenvalue weighted by atomic mass is 32.1. The molecule has 1 amide bonds. The Morgan fingerprint density at radius 3 is 2.50 bits per heavy atom. The molecule has 34 heavy (non-hydrogen) atoms. The number of amides is 1. The zero-order valence-corrected chi connectivity index (χ0v) is 18.8. The maximum Gasteiger partial charge on any atom is 0.573 e. The average molecular weight is 493 g/mol. The molecule has 0 radical (unpaired) electrons. The number of carbonyl (C=O) groups is 2. The predicted octanol–water partition coefficient (Wildman–Crippen LogP) is 4.42. The van der Waals surface area contributed by atoms with E-state index in [4.69, 9.17) is 0 Å². The number of carboxylic acids is 1. The number of carbonyl (C=O) groups excluding carboxylic acids is 1.